The monoisotopic (exact) mass is 412 g/mol. The zero-order chi connectivity index (χ0) is 20.4. The minimum absolute atomic E-state index is 0.128. The van der Waals surface area contributed by atoms with E-state index in [4.69, 9.17) is 0 Å². The zero-order valence-corrected chi connectivity index (χ0v) is 17.1. The van der Waals surface area contributed by atoms with Gasteiger partial charge in [0.05, 0.1) is 11.8 Å². The number of carbonyl (C=O) groups is 1. The fraction of sp³-hybridized carbons (Fsp3) is 0.286. The van der Waals surface area contributed by atoms with Gasteiger partial charge in [0, 0.05) is 44.4 Å². The van der Waals surface area contributed by atoms with Gasteiger partial charge in [0.1, 0.15) is 5.82 Å². The average Bonchev–Trinajstić information content (AvgIpc) is 3.15. The van der Waals surface area contributed by atoms with E-state index in [1.54, 1.807) is 0 Å². The summed E-state index contributed by atoms with van der Waals surface area (Å²) in [5, 5.41) is 2.95. The number of nitrogens with one attached hydrogen (secondary N) is 1. The molecule has 1 aromatic carbocycles. The number of hydrogen-bond acceptors (Lipinski definition) is 4. The van der Waals surface area contributed by atoms with E-state index in [1.165, 1.54) is 10.6 Å². The second kappa shape index (κ2) is 7.88. The van der Waals surface area contributed by atoms with Gasteiger partial charge >= 0.3 is 0 Å². The smallest absolute Gasteiger partial charge is 0.253 e. The molecule has 0 unspecified atom stereocenters. The topological polar surface area (TPSA) is 74.1 Å². The van der Waals surface area contributed by atoms with Crippen LogP contribution in [0.2, 0.25) is 0 Å². The van der Waals surface area contributed by atoms with E-state index in [1.807, 2.05) is 65.2 Å². The Labute approximate surface area is 170 Å². The summed E-state index contributed by atoms with van der Waals surface area (Å²) < 4.78 is 27.0. The van der Waals surface area contributed by atoms with E-state index in [2.05, 4.69) is 10.2 Å². The molecular formula is C21H24N4O3S. The Bertz CT molecular complexity index is 1120. The Morgan fingerprint density at radius 1 is 0.966 bits per heavy atom. The normalized spacial score (nSPS) is 15.6. The van der Waals surface area contributed by atoms with E-state index in [0.717, 1.165) is 16.9 Å². The molecule has 0 aliphatic carbocycles. The molecular weight excluding hydrogens is 388 g/mol. The number of hydrogen-bond donors (Lipinski definition) is 1. The Morgan fingerprint density at radius 3 is 2.34 bits per heavy atom. The summed E-state index contributed by atoms with van der Waals surface area (Å²) in [6, 6.07) is 17.6. The summed E-state index contributed by atoms with van der Waals surface area (Å²) in [6.07, 6.45) is 3.09. The van der Waals surface area contributed by atoms with Crippen molar-refractivity contribution in [1.29, 1.82) is 0 Å². The lowest BCUT2D eigenvalue weighted by molar-refractivity contribution is 0.0950. The standard InChI is InChI=1S/C21H24N4O3S/c1-29(27,28)24-13-11-23(12-14-24)20-10-9-19-8-7-18(16-25(19)20)21(26)22-15-17-5-3-2-4-6-17/h2-10,16H,11-15H2,1H3,(H,22,26). The van der Waals surface area contributed by atoms with Crippen LogP contribution < -0.4 is 10.2 Å². The van der Waals surface area contributed by atoms with Gasteiger partial charge in [-0.25, -0.2) is 8.42 Å². The van der Waals surface area contributed by atoms with Crippen molar-refractivity contribution in [1.82, 2.24) is 14.0 Å². The molecule has 4 rings (SSSR count). The first kappa shape index (κ1) is 19.5. The lowest BCUT2D eigenvalue weighted by Crippen LogP contribution is -2.48. The lowest BCUT2D eigenvalue weighted by atomic mass is 10.2. The number of amides is 1. The maximum atomic E-state index is 12.6. The van der Waals surface area contributed by atoms with Crippen LogP contribution in [0.4, 0.5) is 5.82 Å². The molecule has 3 heterocycles. The molecule has 3 aromatic rings. The van der Waals surface area contributed by atoms with Crippen LogP contribution in [0, 0.1) is 0 Å². The number of anilines is 1. The highest BCUT2D eigenvalue weighted by atomic mass is 32.2. The minimum Gasteiger partial charge on any atom is -0.355 e. The number of fused-ring (bicyclic) bond motifs is 1. The van der Waals surface area contributed by atoms with Gasteiger partial charge in [0.15, 0.2) is 0 Å². The second-order valence-electron chi connectivity index (χ2n) is 7.22. The van der Waals surface area contributed by atoms with Crippen molar-refractivity contribution in [3.8, 4) is 0 Å². The minimum atomic E-state index is -3.16. The van der Waals surface area contributed by atoms with E-state index in [9.17, 15) is 13.2 Å². The van der Waals surface area contributed by atoms with Crippen molar-refractivity contribution >= 4 is 27.3 Å². The van der Waals surface area contributed by atoms with E-state index in [-0.39, 0.29) is 5.91 Å². The number of pyridine rings is 1. The molecule has 1 fully saturated rings. The van der Waals surface area contributed by atoms with Gasteiger partial charge in [-0.3, -0.25) is 4.79 Å². The zero-order valence-electron chi connectivity index (χ0n) is 16.3. The first-order valence-corrected chi connectivity index (χ1v) is 11.4. The molecule has 1 N–H and O–H groups in total. The van der Waals surface area contributed by atoms with Crippen LogP contribution in [0.5, 0.6) is 0 Å². The molecule has 7 nitrogen and oxygen atoms in total. The summed E-state index contributed by atoms with van der Waals surface area (Å²) in [7, 11) is -3.16. The first-order chi connectivity index (χ1) is 13.9. The summed E-state index contributed by atoms with van der Waals surface area (Å²) >= 11 is 0. The van der Waals surface area contributed by atoms with Crippen molar-refractivity contribution in [3.05, 3.63) is 71.9 Å². The quantitative estimate of drug-likeness (QED) is 0.695. The van der Waals surface area contributed by atoms with Crippen molar-refractivity contribution in [3.63, 3.8) is 0 Å². The van der Waals surface area contributed by atoms with Crippen LogP contribution in [0.25, 0.3) is 5.52 Å². The number of benzene rings is 1. The van der Waals surface area contributed by atoms with Crippen molar-refractivity contribution in [2.24, 2.45) is 0 Å². The number of aromatic nitrogens is 1. The maximum absolute atomic E-state index is 12.6. The molecule has 8 heteroatoms. The molecule has 1 saturated heterocycles. The molecule has 0 spiro atoms. The van der Waals surface area contributed by atoms with Gasteiger partial charge in [-0.05, 0) is 29.8 Å². The third kappa shape index (κ3) is 4.28. The van der Waals surface area contributed by atoms with Gasteiger partial charge < -0.3 is 14.6 Å². The Balaban J connectivity index is 1.50. The predicted molar refractivity (Wildman–Crippen MR) is 114 cm³/mol. The first-order valence-electron chi connectivity index (χ1n) is 9.55. The van der Waals surface area contributed by atoms with Gasteiger partial charge in [-0.2, -0.15) is 4.31 Å². The van der Waals surface area contributed by atoms with Crippen LogP contribution in [0.15, 0.2) is 60.8 Å². The SMILES string of the molecule is CS(=O)(=O)N1CCN(c2ccc3ccc(C(=O)NCc4ccccc4)cn23)CC1. The van der Waals surface area contributed by atoms with Crippen molar-refractivity contribution < 1.29 is 13.2 Å². The molecule has 0 bridgehead atoms. The molecule has 0 radical (unpaired) electrons. The summed E-state index contributed by atoms with van der Waals surface area (Å²) in [4.78, 5) is 14.8. The highest BCUT2D eigenvalue weighted by molar-refractivity contribution is 7.88. The van der Waals surface area contributed by atoms with Crippen LogP contribution in [0.1, 0.15) is 15.9 Å². The predicted octanol–water partition coefficient (Wildman–Crippen LogP) is 1.95. The molecule has 2 aromatic heterocycles. The molecule has 29 heavy (non-hydrogen) atoms. The number of carbonyl (C=O) groups excluding carboxylic acids is 1. The largest absolute Gasteiger partial charge is 0.355 e. The van der Waals surface area contributed by atoms with Crippen molar-refractivity contribution in [2.45, 2.75) is 6.54 Å². The van der Waals surface area contributed by atoms with Gasteiger partial charge in [0.2, 0.25) is 10.0 Å². The molecule has 152 valence electrons. The second-order valence-corrected chi connectivity index (χ2v) is 9.20. The maximum Gasteiger partial charge on any atom is 0.253 e. The third-order valence-corrected chi connectivity index (χ3v) is 6.52. The molecule has 0 atom stereocenters. The van der Waals surface area contributed by atoms with E-state index in [0.29, 0.717) is 38.3 Å². The Morgan fingerprint density at radius 2 is 1.66 bits per heavy atom. The molecule has 1 aliphatic rings. The lowest BCUT2D eigenvalue weighted by Gasteiger charge is -2.34. The van der Waals surface area contributed by atoms with Crippen LogP contribution >= 0.6 is 0 Å². The Hall–Kier alpha value is -2.84. The Kier molecular flexibility index (Phi) is 5.29. The summed E-state index contributed by atoms with van der Waals surface area (Å²) in [6.45, 7) is 2.63. The molecule has 0 saturated carbocycles. The fourth-order valence-corrected chi connectivity index (χ4v) is 4.43. The van der Waals surface area contributed by atoms with Crippen LogP contribution in [-0.2, 0) is 16.6 Å². The number of sulfonamides is 1. The number of rotatable bonds is 5. The van der Waals surface area contributed by atoms with Crippen molar-refractivity contribution in [2.75, 3.05) is 37.3 Å². The third-order valence-electron chi connectivity index (χ3n) is 5.22. The highest BCUT2D eigenvalue weighted by Gasteiger charge is 2.24. The number of nitrogens with zero attached hydrogens (tertiary/aromatic N) is 3. The van der Waals surface area contributed by atoms with Gasteiger partial charge in [0.25, 0.3) is 5.91 Å². The molecule has 1 amide bonds. The molecule has 1 aliphatic heterocycles. The number of piperazine rings is 1. The van der Waals surface area contributed by atoms with E-state index >= 15 is 0 Å². The van der Waals surface area contributed by atoms with Gasteiger partial charge in [-0.15, -0.1) is 0 Å². The van der Waals surface area contributed by atoms with Crippen LogP contribution in [-0.4, -0.2) is 55.5 Å². The van der Waals surface area contributed by atoms with E-state index < -0.39 is 10.0 Å². The summed E-state index contributed by atoms with van der Waals surface area (Å²) in [5.74, 6) is 0.836. The van der Waals surface area contributed by atoms with Crippen LogP contribution in [0.3, 0.4) is 0 Å². The highest BCUT2D eigenvalue weighted by Crippen LogP contribution is 2.22. The average molecular weight is 413 g/mol. The fourth-order valence-electron chi connectivity index (χ4n) is 3.61. The summed E-state index contributed by atoms with van der Waals surface area (Å²) in [5.41, 5.74) is 2.62. The van der Waals surface area contributed by atoms with Gasteiger partial charge in [-0.1, -0.05) is 30.3 Å².